The lowest BCUT2D eigenvalue weighted by molar-refractivity contribution is 0.441. The average Bonchev–Trinajstić information content (AvgIpc) is 2.48. The lowest BCUT2D eigenvalue weighted by Gasteiger charge is -2.10. The van der Waals surface area contributed by atoms with Gasteiger partial charge in [-0.1, -0.05) is 23.7 Å². The number of benzene rings is 2. The summed E-state index contributed by atoms with van der Waals surface area (Å²) in [5.74, 6) is -1.71. The van der Waals surface area contributed by atoms with E-state index in [0.29, 0.717) is 11.0 Å². The first-order valence-corrected chi connectivity index (χ1v) is 6.49. The van der Waals surface area contributed by atoms with Gasteiger partial charge in [-0.3, -0.25) is 0 Å². The minimum atomic E-state index is -0.961. The highest BCUT2D eigenvalue weighted by atomic mass is 35.5. The first kappa shape index (κ1) is 13.7. The Morgan fingerprint density at radius 1 is 1.00 bits per heavy atom. The maximum atomic E-state index is 13.5. The molecule has 21 heavy (non-hydrogen) atoms. The smallest absolute Gasteiger partial charge is 0.258 e. The molecule has 0 aliphatic heterocycles. The van der Waals surface area contributed by atoms with Gasteiger partial charge in [0.2, 0.25) is 0 Å². The van der Waals surface area contributed by atoms with Crippen molar-refractivity contribution in [3.05, 3.63) is 58.7 Å². The van der Waals surface area contributed by atoms with E-state index in [9.17, 15) is 8.78 Å². The fourth-order valence-electron chi connectivity index (χ4n) is 1.88. The summed E-state index contributed by atoms with van der Waals surface area (Å²) in [6.07, 6.45) is 0. The molecule has 3 rings (SSSR count). The van der Waals surface area contributed by atoms with E-state index in [4.69, 9.17) is 16.3 Å². The number of aromatic nitrogens is 2. The Morgan fingerprint density at radius 3 is 2.38 bits per heavy atom. The number of fused-ring (bicyclic) bond motifs is 1. The average molecular weight is 307 g/mol. The number of nitrogens with zero attached hydrogens (tertiary/aromatic N) is 2. The van der Waals surface area contributed by atoms with E-state index in [1.807, 2.05) is 6.07 Å². The van der Waals surface area contributed by atoms with Gasteiger partial charge >= 0.3 is 0 Å². The van der Waals surface area contributed by atoms with Crippen molar-refractivity contribution >= 4 is 22.6 Å². The molecule has 3 aromatic rings. The zero-order valence-corrected chi connectivity index (χ0v) is 11.7. The Morgan fingerprint density at radius 2 is 1.67 bits per heavy atom. The summed E-state index contributed by atoms with van der Waals surface area (Å²) in [5.41, 5.74) is 1.26. The number of hydrogen-bond acceptors (Lipinski definition) is 3. The standard InChI is InChI=1S/C15H9ClF2N2O/c1-8-12(7-6-9(17)13(8)18)21-15-14(16)19-10-4-2-3-5-11(10)20-15/h2-7H,1H3. The summed E-state index contributed by atoms with van der Waals surface area (Å²) < 4.78 is 32.1. The van der Waals surface area contributed by atoms with Gasteiger partial charge in [-0.15, -0.1) is 0 Å². The molecule has 0 aliphatic carbocycles. The number of rotatable bonds is 2. The molecule has 0 saturated carbocycles. The van der Waals surface area contributed by atoms with E-state index in [0.717, 1.165) is 6.07 Å². The fraction of sp³-hybridized carbons (Fsp3) is 0.0667. The van der Waals surface area contributed by atoms with Crippen molar-refractivity contribution in [2.24, 2.45) is 0 Å². The molecule has 1 aromatic heterocycles. The van der Waals surface area contributed by atoms with E-state index in [2.05, 4.69) is 9.97 Å². The van der Waals surface area contributed by atoms with Crippen LogP contribution in [0, 0.1) is 18.6 Å². The molecule has 0 fully saturated rings. The minimum Gasteiger partial charge on any atom is -0.436 e. The summed E-state index contributed by atoms with van der Waals surface area (Å²) in [6, 6.07) is 9.44. The van der Waals surface area contributed by atoms with Crippen LogP contribution in [0.25, 0.3) is 11.0 Å². The van der Waals surface area contributed by atoms with E-state index < -0.39 is 11.6 Å². The lowest BCUT2D eigenvalue weighted by atomic mass is 10.2. The van der Waals surface area contributed by atoms with Gasteiger partial charge in [-0.2, -0.15) is 0 Å². The van der Waals surface area contributed by atoms with Crippen molar-refractivity contribution in [3.8, 4) is 11.6 Å². The quantitative estimate of drug-likeness (QED) is 0.690. The minimum absolute atomic E-state index is 0.0426. The first-order valence-electron chi connectivity index (χ1n) is 6.11. The highest BCUT2D eigenvalue weighted by Gasteiger charge is 2.14. The molecule has 3 nitrogen and oxygen atoms in total. The second kappa shape index (κ2) is 5.26. The van der Waals surface area contributed by atoms with Crippen LogP contribution < -0.4 is 4.74 Å². The van der Waals surface area contributed by atoms with Crippen molar-refractivity contribution in [2.45, 2.75) is 6.92 Å². The maximum absolute atomic E-state index is 13.5. The molecule has 2 aromatic carbocycles. The summed E-state index contributed by atoms with van der Waals surface area (Å²) in [4.78, 5) is 8.38. The van der Waals surface area contributed by atoms with Crippen molar-refractivity contribution < 1.29 is 13.5 Å². The number of halogens is 3. The number of ether oxygens (including phenoxy) is 1. The highest BCUT2D eigenvalue weighted by molar-refractivity contribution is 6.31. The third-order valence-electron chi connectivity index (χ3n) is 3.00. The molecule has 6 heteroatoms. The van der Waals surface area contributed by atoms with Crippen LogP contribution in [0.2, 0.25) is 5.15 Å². The molecular weight excluding hydrogens is 298 g/mol. The second-order valence-corrected chi connectivity index (χ2v) is 4.75. The Hall–Kier alpha value is -2.27. The first-order chi connectivity index (χ1) is 10.1. The zero-order chi connectivity index (χ0) is 15.0. The normalized spacial score (nSPS) is 10.9. The van der Waals surface area contributed by atoms with Gasteiger partial charge in [0.1, 0.15) is 5.75 Å². The van der Waals surface area contributed by atoms with Crippen LogP contribution >= 0.6 is 11.6 Å². The van der Waals surface area contributed by atoms with E-state index >= 15 is 0 Å². The maximum Gasteiger partial charge on any atom is 0.258 e. The molecule has 0 atom stereocenters. The van der Waals surface area contributed by atoms with E-state index in [-0.39, 0.29) is 22.3 Å². The Kier molecular flexibility index (Phi) is 3.43. The van der Waals surface area contributed by atoms with Crippen LogP contribution in [-0.2, 0) is 0 Å². The largest absolute Gasteiger partial charge is 0.436 e. The van der Waals surface area contributed by atoms with Gasteiger partial charge in [0.05, 0.1) is 11.0 Å². The molecule has 0 radical (unpaired) electrons. The van der Waals surface area contributed by atoms with Crippen molar-refractivity contribution in [2.75, 3.05) is 0 Å². The molecule has 0 amide bonds. The Bertz CT molecular complexity index is 839. The molecule has 0 aliphatic rings. The van der Waals surface area contributed by atoms with Crippen LogP contribution in [0.3, 0.4) is 0 Å². The summed E-state index contributed by atoms with van der Waals surface area (Å²) >= 11 is 6.01. The SMILES string of the molecule is Cc1c(Oc2nc3ccccc3nc2Cl)ccc(F)c1F. The molecule has 106 valence electrons. The summed E-state index contributed by atoms with van der Waals surface area (Å²) in [6.45, 7) is 1.41. The van der Waals surface area contributed by atoms with Crippen molar-refractivity contribution in [1.29, 1.82) is 0 Å². The van der Waals surface area contributed by atoms with Gasteiger partial charge in [0.15, 0.2) is 16.8 Å². The van der Waals surface area contributed by atoms with Crippen molar-refractivity contribution in [1.82, 2.24) is 9.97 Å². The Balaban J connectivity index is 2.06. The third-order valence-corrected chi connectivity index (χ3v) is 3.24. The molecule has 0 N–H and O–H groups in total. The summed E-state index contributed by atoms with van der Waals surface area (Å²) in [7, 11) is 0. The molecular formula is C15H9ClF2N2O. The van der Waals surface area contributed by atoms with E-state index in [1.54, 1.807) is 18.2 Å². The fourth-order valence-corrected chi connectivity index (χ4v) is 2.05. The lowest BCUT2D eigenvalue weighted by Crippen LogP contribution is -1.97. The molecule has 1 heterocycles. The van der Waals surface area contributed by atoms with Crippen LogP contribution in [0.5, 0.6) is 11.6 Å². The topological polar surface area (TPSA) is 35.0 Å². The number of hydrogen-bond donors (Lipinski definition) is 0. The molecule has 0 unspecified atom stereocenters. The van der Waals surface area contributed by atoms with Crippen molar-refractivity contribution in [3.63, 3.8) is 0 Å². The monoisotopic (exact) mass is 306 g/mol. The predicted molar refractivity (Wildman–Crippen MR) is 75.7 cm³/mol. The highest BCUT2D eigenvalue weighted by Crippen LogP contribution is 2.31. The van der Waals surface area contributed by atoms with Crippen LogP contribution in [-0.4, -0.2) is 9.97 Å². The van der Waals surface area contributed by atoms with Gasteiger partial charge in [0, 0.05) is 5.56 Å². The van der Waals surface area contributed by atoms with Gasteiger partial charge < -0.3 is 4.74 Å². The molecule has 0 saturated heterocycles. The van der Waals surface area contributed by atoms with Gasteiger partial charge in [-0.25, -0.2) is 18.7 Å². The van der Waals surface area contributed by atoms with Crippen LogP contribution in [0.15, 0.2) is 36.4 Å². The predicted octanol–water partition coefficient (Wildman–Crippen LogP) is 4.66. The summed E-state index contributed by atoms with van der Waals surface area (Å²) in [5, 5.41) is 0.0535. The zero-order valence-electron chi connectivity index (χ0n) is 10.9. The Labute approximate surface area is 124 Å². The molecule has 0 spiro atoms. The van der Waals surface area contributed by atoms with Crippen LogP contribution in [0.1, 0.15) is 5.56 Å². The van der Waals surface area contributed by atoms with Gasteiger partial charge in [0.25, 0.3) is 5.88 Å². The van der Waals surface area contributed by atoms with Crippen LogP contribution in [0.4, 0.5) is 8.78 Å². The third kappa shape index (κ3) is 2.52. The number of para-hydroxylation sites is 2. The second-order valence-electron chi connectivity index (χ2n) is 4.39. The van der Waals surface area contributed by atoms with E-state index in [1.165, 1.54) is 13.0 Å². The molecule has 0 bridgehead atoms. The van der Waals surface area contributed by atoms with Gasteiger partial charge in [-0.05, 0) is 31.2 Å².